The van der Waals surface area contributed by atoms with Crippen LogP contribution in [-0.4, -0.2) is 36.1 Å². The fourth-order valence-electron chi connectivity index (χ4n) is 2.08. The van der Waals surface area contributed by atoms with E-state index in [1.165, 1.54) is 0 Å². The number of hydrogen-bond acceptors (Lipinski definition) is 2. The van der Waals surface area contributed by atoms with Crippen LogP contribution in [0.4, 0.5) is 0 Å². The molecule has 1 aliphatic rings. The summed E-state index contributed by atoms with van der Waals surface area (Å²) < 4.78 is 5.51. The van der Waals surface area contributed by atoms with Crippen LogP contribution in [0, 0.1) is 0 Å². The highest BCUT2D eigenvalue weighted by Crippen LogP contribution is 2.14. The van der Waals surface area contributed by atoms with Crippen LogP contribution in [0.2, 0.25) is 5.02 Å². The Morgan fingerprint density at radius 3 is 3.00 bits per heavy atom. The van der Waals surface area contributed by atoms with Crippen molar-refractivity contribution in [3.63, 3.8) is 0 Å². The van der Waals surface area contributed by atoms with E-state index in [0.717, 1.165) is 5.56 Å². The summed E-state index contributed by atoms with van der Waals surface area (Å²) in [6, 6.07) is 7.54. The van der Waals surface area contributed by atoms with Crippen molar-refractivity contribution < 1.29 is 9.53 Å². The normalized spacial score (nSPS) is 23.8. The van der Waals surface area contributed by atoms with Gasteiger partial charge in [0.15, 0.2) is 0 Å². The van der Waals surface area contributed by atoms with Crippen LogP contribution in [0.15, 0.2) is 30.3 Å². The molecule has 3 nitrogen and oxygen atoms in total. The second kappa shape index (κ2) is 6.22. The standard InChI is InChI=1S/C15H18ClNO2/c1-11-10-19-12(2)9-17(11)15(18)7-6-13-4-3-5-14(16)8-13/h3-8,11-12H,9-10H2,1-2H3/b7-6+. The van der Waals surface area contributed by atoms with E-state index in [1.807, 2.05) is 43.0 Å². The fourth-order valence-corrected chi connectivity index (χ4v) is 2.28. The molecule has 0 bridgehead atoms. The molecule has 2 atom stereocenters. The molecule has 19 heavy (non-hydrogen) atoms. The number of ether oxygens (including phenoxy) is 1. The zero-order valence-electron chi connectivity index (χ0n) is 11.2. The van der Waals surface area contributed by atoms with Crippen molar-refractivity contribution in [2.75, 3.05) is 13.2 Å². The lowest BCUT2D eigenvalue weighted by Crippen LogP contribution is -2.49. The van der Waals surface area contributed by atoms with Crippen molar-refractivity contribution in [2.45, 2.75) is 26.0 Å². The van der Waals surface area contributed by atoms with Crippen molar-refractivity contribution in [3.05, 3.63) is 40.9 Å². The molecule has 0 spiro atoms. The van der Waals surface area contributed by atoms with Crippen LogP contribution >= 0.6 is 11.6 Å². The van der Waals surface area contributed by atoms with E-state index in [0.29, 0.717) is 18.2 Å². The van der Waals surface area contributed by atoms with Crippen LogP contribution in [0.3, 0.4) is 0 Å². The van der Waals surface area contributed by atoms with Gasteiger partial charge >= 0.3 is 0 Å². The molecular formula is C15H18ClNO2. The first-order chi connectivity index (χ1) is 9.06. The molecule has 1 aromatic rings. The number of benzene rings is 1. The maximum atomic E-state index is 12.2. The minimum Gasteiger partial charge on any atom is -0.375 e. The van der Waals surface area contributed by atoms with E-state index in [1.54, 1.807) is 12.2 Å². The van der Waals surface area contributed by atoms with Gasteiger partial charge in [-0.05, 0) is 37.6 Å². The quantitative estimate of drug-likeness (QED) is 0.779. The minimum atomic E-state index is 0.0163. The van der Waals surface area contributed by atoms with Gasteiger partial charge in [-0.1, -0.05) is 23.7 Å². The van der Waals surface area contributed by atoms with Crippen molar-refractivity contribution in [1.82, 2.24) is 4.90 Å². The first-order valence-corrected chi connectivity index (χ1v) is 6.80. The predicted octanol–water partition coefficient (Wildman–Crippen LogP) is 2.99. The van der Waals surface area contributed by atoms with Gasteiger partial charge in [0.05, 0.1) is 18.8 Å². The Kier molecular flexibility index (Phi) is 4.61. The number of carbonyl (C=O) groups excluding carboxylic acids is 1. The molecule has 1 heterocycles. The topological polar surface area (TPSA) is 29.5 Å². The number of carbonyl (C=O) groups is 1. The number of nitrogens with zero attached hydrogens (tertiary/aromatic N) is 1. The highest BCUT2D eigenvalue weighted by molar-refractivity contribution is 6.30. The number of morpholine rings is 1. The van der Waals surface area contributed by atoms with Gasteiger partial charge in [-0.25, -0.2) is 0 Å². The first kappa shape index (κ1) is 14.1. The summed E-state index contributed by atoms with van der Waals surface area (Å²) in [5.74, 6) is 0.0163. The molecule has 0 aromatic heterocycles. The third kappa shape index (κ3) is 3.82. The molecule has 2 unspecified atom stereocenters. The Morgan fingerprint density at radius 2 is 2.26 bits per heavy atom. The second-order valence-corrected chi connectivity index (χ2v) is 5.31. The first-order valence-electron chi connectivity index (χ1n) is 6.42. The van der Waals surface area contributed by atoms with Crippen LogP contribution < -0.4 is 0 Å². The van der Waals surface area contributed by atoms with E-state index >= 15 is 0 Å². The molecule has 0 saturated carbocycles. The Labute approximate surface area is 118 Å². The number of halogens is 1. The fraction of sp³-hybridized carbons (Fsp3) is 0.400. The van der Waals surface area contributed by atoms with Crippen molar-refractivity contribution in [1.29, 1.82) is 0 Å². The zero-order valence-corrected chi connectivity index (χ0v) is 11.9. The molecule has 1 aliphatic heterocycles. The molecule has 1 amide bonds. The van der Waals surface area contributed by atoms with E-state index < -0.39 is 0 Å². The molecule has 1 saturated heterocycles. The third-order valence-electron chi connectivity index (χ3n) is 3.16. The highest BCUT2D eigenvalue weighted by Gasteiger charge is 2.25. The maximum absolute atomic E-state index is 12.2. The lowest BCUT2D eigenvalue weighted by molar-refractivity contribution is -0.137. The largest absolute Gasteiger partial charge is 0.375 e. The number of hydrogen-bond donors (Lipinski definition) is 0. The number of rotatable bonds is 2. The maximum Gasteiger partial charge on any atom is 0.246 e. The zero-order chi connectivity index (χ0) is 13.8. The average Bonchev–Trinajstić information content (AvgIpc) is 2.39. The lowest BCUT2D eigenvalue weighted by atomic mass is 10.1. The van der Waals surface area contributed by atoms with Gasteiger partial charge in [-0.15, -0.1) is 0 Å². The Morgan fingerprint density at radius 1 is 1.47 bits per heavy atom. The van der Waals surface area contributed by atoms with E-state index in [2.05, 4.69) is 0 Å². The van der Waals surface area contributed by atoms with E-state index in [9.17, 15) is 4.79 Å². The van der Waals surface area contributed by atoms with Gasteiger partial charge in [0, 0.05) is 17.6 Å². The molecule has 1 fully saturated rings. The van der Waals surface area contributed by atoms with Gasteiger partial charge in [0.25, 0.3) is 0 Å². The van der Waals surface area contributed by atoms with Crippen LogP contribution in [0.1, 0.15) is 19.4 Å². The van der Waals surface area contributed by atoms with Crippen molar-refractivity contribution in [2.24, 2.45) is 0 Å². The molecule has 4 heteroatoms. The number of amides is 1. The van der Waals surface area contributed by atoms with Gasteiger partial charge in [-0.3, -0.25) is 4.79 Å². The van der Waals surface area contributed by atoms with Gasteiger partial charge < -0.3 is 9.64 Å². The summed E-state index contributed by atoms with van der Waals surface area (Å²) in [6.07, 6.45) is 3.49. The minimum absolute atomic E-state index is 0.0163. The summed E-state index contributed by atoms with van der Waals surface area (Å²) in [7, 11) is 0. The Bertz CT molecular complexity index is 487. The molecule has 102 valence electrons. The Hall–Kier alpha value is -1.32. The monoisotopic (exact) mass is 279 g/mol. The van der Waals surface area contributed by atoms with E-state index in [4.69, 9.17) is 16.3 Å². The summed E-state index contributed by atoms with van der Waals surface area (Å²) >= 11 is 5.91. The third-order valence-corrected chi connectivity index (χ3v) is 3.39. The summed E-state index contributed by atoms with van der Waals surface area (Å²) in [5.41, 5.74) is 0.926. The second-order valence-electron chi connectivity index (χ2n) is 4.87. The lowest BCUT2D eigenvalue weighted by Gasteiger charge is -2.36. The van der Waals surface area contributed by atoms with Crippen molar-refractivity contribution >= 4 is 23.6 Å². The average molecular weight is 280 g/mol. The van der Waals surface area contributed by atoms with Crippen molar-refractivity contribution in [3.8, 4) is 0 Å². The highest BCUT2D eigenvalue weighted by atomic mass is 35.5. The molecular weight excluding hydrogens is 262 g/mol. The smallest absolute Gasteiger partial charge is 0.246 e. The summed E-state index contributed by atoms with van der Waals surface area (Å²) in [4.78, 5) is 14.0. The molecule has 0 radical (unpaired) electrons. The van der Waals surface area contributed by atoms with Crippen LogP contribution in [0.5, 0.6) is 0 Å². The molecule has 0 N–H and O–H groups in total. The summed E-state index contributed by atoms with van der Waals surface area (Å²) in [5, 5.41) is 0.669. The van der Waals surface area contributed by atoms with E-state index in [-0.39, 0.29) is 18.1 Å². The van der Waals surface area contributed by atoms with Crippen LogP contribution in [0.25, 0.3) is 6.08 Å². The summed E-state index contributed by atoms with van der Waals surface area (Å²) in [6.45, 7) is 5.21. The van der Waals surface area contributed by atoms with Gasteiger partial charge in [-0.2, -0.15) is 0 Å². The van der Waals surface area contributed by atoms with Gasteiger partial charge in [0.2, 0.25) is 5.91 Å². The molecule has 2 rings (SSSR count). The van der Waals surface area contributed by atoms with Crippen LogP contribution in [-0.2, 0) is 9.53 Å². The molecule has 0 aliphatic carbocycles. The SMILES string of the molecule is CC1CN(C(=O)/C=C/c2cccc(Cl)c2)C(C)CO1. The predicted molar refractivity (Wildman–Crippen MR) is 77.1 cm³/mol. The molecule has 1 aromatic carbocycles. The van der Waals surface area contributed by atoms with Gasteiger partial charge in [0.1, 0.15) is 0 Å². The Balaban J connectivity index is 2.04.